The Bertz CT molecular complexity index is 776. The van der Waals surface area contributed by atoms with Crippen LogP contribution in [-0.4, -0.2) is 67.6 Å². The van der Waals surface area contributed by atoms with Gasteiger partial charge in [0, 0.05) is 25.5 Å². The standard InChI is InChI=1S/C13H13N3.C4H6O6/c1-2-16-13-5-11-9-3-8(6-14-7-9)10(11)4-12(13)15-1;5-1(3(7)8)2(6)4(9)10/h1-2,4-5,8-9,14H,3,6-7H2;1-2,5-6H,(H,7,8)(H,9,10)/t;1-,2-/m.1/s1. The lowest BCUT2D eigenvalue weighted by Crippen LogP contribution is -2.39. The third-order valence-electron chi connectivity index (χ3n) is 4.71. The fourth-order valence-corrected chi connectivity index (χ4v) is 3.44. The van der Waals surface area contributed by atoms with E-state index in [1.165, 1.54) is 17.5 Å². The summed E-state index contributed by atoms with van der Waals surface area (Å²) in [6.45, 7) is 2.24. The summed E-state index contributed by atoms with van der Waals surface area (Å²) in [6, 6.07) is 4.49. The summed E-state index contributed by atoms with van der Waals surface area (Å²) in [4.78, 5) is 28.3. The van der Waals surface area contributed by atoms with Crippen LogP contribution in [0, 0.1) is 0 Å². The number of aromatic nitrogens is 2. The average molecular weight is 361 g/mol. The van der Waals surface area contributed by atoms with Crippen molar-refractivity contribution in [2.75, 3.05) is 13.1 Å². The lowest BCUT2D eigenvalue weighted by atomic mass is 9.98. The maximum atomic E-state index is 9.77. The third kappa shape index (κ3) is 3.50. The minimum Gasteiger partial charge on any atom is -0.479 e. The van der Waals surface area contributed by atoms with Crippen molar-refractivity contribution in [3.05, 3.63) is 35.7 Å². The molecule has 9 heteroatoms. The molecule has 1 aromatic carbocycles. The summed E-state index contributed by atoms with van der Waals surface area (Å²) < 4.78 is 0. The molecule has 4 atom stereocenters. The normalized spacial score (nSPS) is 22.7. The quantitative estimate of drug-likeness (QED) is 0.495. The number of carbonyl (C=O) groups is 2. The Kier molecular flexibility index (Phi) is 5.12. The zero-order valence-electron chi connectivity index (χ0n) is 13.7. The Labute approximate surface area is 148 Å². The molecule has 2 bridgehead atoms. The van der Waals surface area contributed by atoms with Gasteiger partial charge in [-0.15, -0.1) is 0 Å². The third-order valence-corrected chi connectivity index (χ3v) is 4.71. The highest BCUT2D eigenvalue weighted by molar-refractivity contribution is 5.83. The molecule has 26 heavy (non-hydrogen) atoms. The summed E-state index contributed by atoms with van der Waals surface area (Å²) in [5.41, 5.74) is 5.08. The molecule has 1 aromatic heterocycles. The van der Waals surface area contributed by atoms with Gasteiger partial charge in [-0.1, -0.05) is 0 Å². The van der Waals surface area contributed by atoms with Crippen LogP contribution in [0.3, 0.4) is 0 Å². The molecule has 0 saturated carbocycles. The maximum absolute atomic E-state index is 9.77. The van der Waals surface area contributed by atoms with Gasteiger partial charge in [0.2, 0.25) is 0 Å². The number of aliphatic carboxylic acids is 2. The van der Waals surface area contributed by atoms with Gasteiger partial charge in [-0.3, -0.25) is 9.97 Å². The Morgan fingerprint density at radius 3 is 1.73 bits per heavy atom. The van der Waals surface area contributed by atoms with E-state index < -0.39 is 24.1 Å². The highest BCUT2D eigenvalue weighted by atomic mass is 16.4. The molecule has 2 aromatic rings. The minimum absolute atomic E-state index is 0.695. The minimum atomic E-state index is -2.27. The summed E-state index contributed by atoms with van der Waals surface area (Å²) >= 11 is 0. The number of hydrogen-bond acceptors (Lipinski definition) is 7. The largest absolute Gasteiger partial charge is 0.479 e. The smallest absolute Gasteiger partial charge is 0.335 e. The SMILES string of the molecule is O=C(O)[C@H](O)[C@@H](O)C(=O)O.c1cnc2cc3c(cc2n1)C1CNCC3C1. The molecule has 4 rings (SSSR count). The van der Waals surface area contributed by atoms with Gasteiger partial charge in [-0.05, 0) is 41.5 Å². The predicted octanol–water partition coefficient (Wildman–Crippen LogP) is -0.319. The van der Waals surface area contributed by atoms with Crippen LogP contribution >= 0.6 is 0 Å². The van der Waals surface area contributed by atoms with Crippen LogP contribution in [0.1, 0.15) is 29.4 Å². The van der Waals surface area contributed by atoms with E-state index in [4.69, 9.17) is 20.4 Å². The molecule has 2 aliphatic rings. The number of hydrogen-bond donors (Lipinski definition) is 5. The monoisotopic (exact) mass is 361 g/mol. The summed E-state index contributed by atoms with van der Waals surface area (Å²) in [5, 5.41) is 36.0. The van der Waals surface area contributed by atoms with Crippen molar-refractivity contribution in [2.24, 2.45) is 0 Å². The lowest BCUT2D eigenvalue weighted by molar-refractivity contribution is -0.165. The highest BCUT2D eigenvalue weighted by Crippen LogP contribution is 2.44. The number of rotatable bonds is 3. The van der Waals surface area contributed by atoms with Crippen molar-refractivity contribution < 1.29 is 30.0 Å². The van der Waals surface area contributed by atoms with E-state index in [-0.39, 0.29) is 0 Å². The van der Waals surface area contributed by atoms with E-state index in [1.807, 2.05) is 0 Å². The van der Waals surface area contributed by atoms with E-state index in [9.17, 15) is 9.59 Å². The van der Waals surface area contributed by atoms with Gasteiger partial charge in [-0.2, -0.15) is 0 Å². The number of carboxylic acid groups (broad SMARTS) is 2. The first-order valence-electron chi connectivity index (χ1n) is 8.15. The summed E-state index contributed by atoms with van der Waals surface area (Å²) in [5.74, 6) is -2.15. The molecule has 1 fully saturated rings. The van der Waals surface area contributed by atoms with Crippen molar-refractivity contribution in [1.29, 1.82) is 0 Å². The summed E-state index contributed by atoms with van der Waals surface area (Å²) in [7, 11) is 0. The number of carboxylic acids is 2. The van der Waals surface area contributed by atoms with Gasteiger partial charge >= 0.3 is 11.9 Å². The van der Waals surface area contributed by atoms with Gasteiger partial charge in [0.25, 0.3) is 0 Å². The first-order valence-corrected chi connectivity index (χ1v) is 8.15. The number of nitrogens with zero attached hydrogens (tertiary/aromatic N) is 2. The fraction of sp³-hybridized carbons (Fsp3) is 0.412. The molecule has 2 unspecified atom stereocenters. The Hall–Kier alpha value is -2.62. The van der Waals surface area contributed by atoms with Crippen molar-refractivity contribution in [1.82, 2.24) is 15.3 Å². The van der Waals surface area contributed by atoms with Crippen LogP contribution in [0.2, 0.25) is 0 Å². The Morgan fingerprint density at radius 2 is 1.35 bits per heavy atom. The van der Waals surface area contributed by atoms with E-state index in [2.05, 4.69) is 27.4 Å². The molecule has 0 radical (unpaired) electrons. The number of aliphatic hydroxyl groups is 2. The molecule has 5 N–H and O–H groups in total. The van der Waals surface area contributed by atoms with Crippen LogP contribution in [0.15, 0.2) is 24.5 Å². The van der Waals surface area contributed by atoms with Gasteiger partial charge < -0.3 is 25.7 Å². The highest BCUT2D eigenvalue weighted by Gasteiger charge is 2.34. The molecule has 9 nitrogen and oxygen atoms in total. The van der Waals surface area contributed by atoms with E-state index in [0.29, 0.717) is 11.8 Å². The maximum Gasteiger partial charge on any atom is 0.335 e. The fourth-order valence-electron chi connectivity index (χ4n) is 3.44. The molecule has 1 saturated heterocycles. The second-order valence-corrected chi connectivity index (χ2v) is 6.38. The van der Waals surface area contributed by atoms with Gasteiger partial charge in [0.05, 0.1) is 11.0 Å². The Balaban J connectivity index is 0.000000172. The van der Waals surface area contributed by atoms with E-state index in [0.717, 1.165) is 24.1 Å². The van der Waals surface area contributed by atoms with E-state index >= 15 is 0 Å². The predicted molar refractivity (Wildman–Crippen MR) is 89.8 cm³/mol. The zero-order chi connectivity index (χ0) is 18.8. The number of aliphatic hydroxyl groups excluding tert-OH is 2. The molecular weight excluding hydrogens is 342 g/mol. The molecule has 0 spiro atoms. The van der Waals surface area contributed by atoms with Crippen molar-refractivity contribution in [3.8, 4) is 0 Å². The van der Waals surface area contributed by atoms with Crippen LogP contribution in [0.4, 0.5) is 0 Å². The molecule has 138 valence electrons. The number of piperidine rings is 1. The number of fused-ring (bicyclic) bond motifs is 6. The molecule has 0 amide bonds. The molecule has 1 aliphatic heterocycles. The second kappa shape index (κ2) is 7.32. The molecule has 1 aliphatic carbocycles. The second-order valence-electron chi connectivity index (χ2n) is 6.38. The van der Waals surface area contributed by atoms with Gasteiger partial charge in [-0.25, -0.2) is 9.59 Å². The molecule has 2 heterocycles. The van der Waals surface area contributed by atoms with Crippen molar-refractivity contribution >= 4 is 23.0 Å². The van der Waals surface area contributed by atoms with Crippen LogP contribution in [0.5, 0.6) is 0 Å². The average Bonchev–Trinajstić information content (AvgIpc) is 2.88. The first kappa shape index (κ1) is 18.2. The summed E-state index contributed by atoms with van der Waals surface area (Å²) in [6.07, 6.45) is 0.316. The number of benzene rings is 1. The lowest BCUT2D eigenvalue weighted by Gasteiger charge is -2.19. The Morgan fingerprint density at radius 1 is 0.923 bits per heavy atom. The molecular formula is C17H19N3O6. The van der Waals surface area contributed by atoms with E-state index in [1.54, 1.807) is 12.4 Å². The van der Waals surface area contributed by atoms with Crippen molar-refractivity contribution in [3.63, 3.8) is 0 Å². The first-order chi connectivity index (χ1) is 12.4. The van der Waals surface area contributed by atoms with Crippen molar-refractivity contribution in [2.45, 2.75) is 30.5 Å². The van der Waals surface area contributed by atoms with Crippen LogP contribution in [0.25, 0.3) is 11.0 Å². The van der Waals surface area contributed by atoms with Gasteiger partial charge in [0.15, 0.2) is 12.2 Å². The van der Waals surface area contributed by atoms with Gasteiger partial charge in [0.1, 0.15) is 0 Å². The van der Waals surface area contributed by atoms with Crippen LogP contribution in [-0.2, 0) is 9.59 Å². The van der Waals surface area contributed by atoms with Crippen LogP contribution < -0.4 is 5.32 Å². The number of nitrogens with one attached hydrogen (secondary N) is 1. The topological polar surface area (TPSA) is 153 Å². The zero-order valence-corrected chi connectivity index (χ0v) is 13.7.